The minimum Gasteiger partial charge on any atom is -0.379 e. The van der Waals surface area contributed by atoms with Crippen molar-refractivity contribution in [1.82, 2.24) is 9.97 Å². The van der Waals surface area contributed by atoms with Crippen molar-refractivity contribution in [2.75, 3.05) is 36.6 Å². The summed E-state index contributed by atoms with van der Waals surface area (Å²) in [5.41, 5.74) is 8.97. The second kappa shape index (κ2) is 7.49. The van der Waals surface area contributed by atoms with E-state index in [4.69, 9.17) is 10.5 Å². The molecule has 25 heavy (non-hydrogen) atoms. The largest absolute Gasteiger partial charge is 0.379 e. The molecule has 2 atom stereocenters. The van der Waals surface area contributed by atoms with Gasteiger partial charge in [0.05, 0.1) is 12.6 Å². The lowest BCUT2D eigenvalue weighted by Gasteiger charge is -2.32. The average Bonchev–Trinajstić information content (AvgIpc) is 2.79. The van der Waals surface area contributed by atoms with Crippen LogP contribution in [0.3, 0.4) is 0 Å². The lowest BCUT2D eigenvalue weighted by atomic mass is 10.0. The summed E-state index contributed by atoms with van der Waals surface area (Å²) in [5.74, 6) is 1.11. The van der Waals surface area contributed by atoms with Crippen LogP contribution in [0.2, 0.25) is 0 Å². The third kappa shape index (κ3) is 3.99. The van der Waals surface area contributed by atoms with Gasteiger partial charge in [0.1, 0.15) is 5.82 Å². The minimum atomic E-state index is -0.989. The maximum absolute atomic E-state index is 11.7. The number of benzene rings is 1. The smallest absolute Gasteiger partial charge is 0.222 e. The van der Waals surface area contributed by atoms with Crippen LogP contribution < -0.4 is 10.6 Å². The molecule has 1 fully saturated rings. The van der Waals surface area contributed by atoms with E-state index in [-0.39, 0.29) is 12.0 Å². The maximum Gasteiger partial charge on any atom is 0.222 e. The van der Waals surface area contributed by atoms with E-state index in [1.807, 2.05) is 32.0 Å². The molecule has 2 aromatic rings. The zero-order chi connectivity index (χ0) is 18.0. The first kappa shape index (κ1) is 17.8. The number of nitrogens with two attached hydrogens (primary N) is 1. The fourth-order valence-corrected chi connectivity index (χ4v) is 3.83. The van der Waals surface area contributed by atoms with Crippen LogP contribution in [0.1, 0.15) is 29.3 Å². The number of aromatic nitrogens is 2. The quantitative estimate of drug-likeness (QED) is 0.905. The van der Waals surface area contributed by atoms with Gasteiger partial charge in [-0.25, -0.2) is 4.98 Å². The molecule has 3 rings (SSSR count). The molecule has 134 valence electrons. The lowest BCUT2D eigenvalue weighted by Crippen LogP contribution is -2.32. The Morgan fingerprint density at radius 1 is 1.28 bits per heavy atom. The maximum atomic E-state index is 11.7. The van der Waals surface area contributed by atoms with Gasteiger partial charge in [-0.05, 0) is 43.5 Å². The zero-order valence-electron chi connectivity index (χ0n) is 14.9. The number of nitrogens with zero attached hydrogens (tertiary/aromatic N) is 3. The topological polar surface area (TPSA) is 81.3 Å². The van der Waals surface area contributed by atoms with Gasteiger partial charge in [0.25, 0.3) is 0 Å². The molecule has 7 heteroatoms. The standard InChI is InChI=1S/C18H24N4O2S/c1-12-9-14(25(3)23)5-6-15(12)16-11-24-8-4-7-22(16)17-10-13(2)20-18(19)21-17/h5-6,9-10,16H,4,7-8,11H2,1-3H3,(H2,19,20,21)/t16-,25?/m0/s1. The molecule has 1 saturated heterocycles. The number of ether oxygens (including phenoxy) is 1. The molecule has 2 N–H and O–H groups in total. The van der Waals surface area contributed by atoms with Crippen LogP contribution in [0, 0.1) is 13.8 Å². The van der Waals surface area contributed by atoms with Crippen LogP contribution in [0.25, 0.3) is 0 Å². The summed E-state index contributed by atoms with van der Waals surface area (Å²) >= 11 is 0. The van der Waals surface area contributed by atoms with Crippen molar-refractivity contribution < 1.29 is 8.95 Å². The van der Waals surface area contributed by atoms with Gasteiger partial charge in [0.15, 0.2) is 0 Å². The Morgan fingerprint density at radius 3 is 2.76 bits per heavy atom. The van der Waals surface area contributed by atoms with Crippen molar-refractivity contribution in [1.29, 1.82) is 0 Å². The highest BCUT2D eigenvalue weighted by molar-refractivity contribution is 7.84. The van der Waals surface area contributed by atoms with Gasteiger partial charge in [-0.1, -0.05) is 6.07 Å². The predicted octanol–water partition coefficient (Wildman–Crippen LogP) is 2.38. The van der Waals surface area contributed by atoms with Crippen molar-refractivity contribution in [3.63, 3.8) is 0 Å². The number of hydrogen-bond acceptors (Lipinski definition) is 6. The molecule has 1 aromatic carbocycles. The van der Waals surface area contributed by atoms with E-state index in [1.54, 1.807) is 6.26 Å². The number of hydrogen-bond donors (Lipinski definition) is 1. The third-order valence-corrected chi connectivity index (χ3v) is 5.34. The zero-order valence-corrected chi connectivity index (χ0v) is 15.7. The molecule has 1 unspecified atom stereocenters. The second-order valence-corrected chi connectivity index (χ2v) is 7.72. The van der Waals surface area contributed by atoms with Crippen molar-refractivity contribution >= 4 is 22.6 Å². The van der Waals surface area contributed by atoms with Crippen LogP contribution in [-0.2, 0) is 15.5 Å². The van der Waals surface area contributed by atoms with Crippen LogP contribution in [0.5, 0.6) is 0 Å². The van der Waals surface area contributed by atoms with Crippen molar-refractivity contribution in [2.45, 2.75) is 31.2 Å². The van der Waals surface area contributed by atoms with E-state index in [9.17, 15) is 4.21 Å². The van der Waals surface area contributed by atoms with Crippen molar-refractivity contribution in [3.8, 4) is 0 Å². The Kier molecular flexibility index (Phi) is 5.34. The van der Waals surface area contributed by atoms with Crippen LogP contribution in [0.15, 0.2) is 29.2 Å². The van der Waals surface area contributed by atoms with Crippen molar-refractivity contribution in [3.05, 3.63) is 41.1 Å². The van der Waals surface area contributed by atoms with E-state index in [1.165, 1.54) is 0 Å². The summed E-state index contributed by atoms with van der Waals surface area (Å²) < 4.78 is 17.6. The fraction of sp³-hybridized carbons (Fsp3) is 0.444. The summed E-state index contributed by atoms with van der Waals surface area (Å²) in [7, 11) is -0.989. The second-order valence-electron chi connectivity index (χ2n) is 6.34. The SMILES string of the molecule is Cc1cc(N2CCCOC[C@H]2c2ccc(S(C)=O)cc2C)nc(N)n1. The van der Waals surface area contributed by atoms with Gasteiger partial charge in [0, 0.05) is 46.9 Å². The van der Waals surface area contributed by atoms with Gasteiger partial charge in [0.2, 0.25) is 5.95 Å². The monoisotopic (exact) mass is 360 g/mol. The number of nitrogen functional groups attached to an aromatic ring is 1. The Hall–Kier alpha value is -1.99. The molecule has 1 aliphatic heterocycles. The van der Waals surface area contributed by atoms with E-state index >= 15 is 0 Å². The van der Waals surface area contributed by atoms with Gasteiger partial charge in [-0.3, -0.25) is 4.21 Å². The molecule has 2 heterocycles. The molecule has 6 nitrogen and oxygen atoms in total. The molecule has 1 aliphatic rings. The molecule has 0 amide bonds. The van der Waals surface area contributed by atoms with Gasteiger partial charge in [-0.15, -0.1) is 0 Å². The first-order valence-electron chi connectivity index (χ1n) is 8.35. The first-order chi connectivity index (χ1) is 12.0. The van der Waals surface area contributed by atoms with Crippen molar-refractivity contribution in [2.24, 2.45) is 0 Å². The predicted molar refractivity (Wildman–Crippen MR) is 100 cm³/mol. The van der Waals surface area contributed by atoms with E-state index < -0.39 is 10.8 Å². The average molecular weight is 360 g/mol. The Morgan fingerprint density at radius 2 is 2.08 bits per heavy atom. The highest BCUT2D eigenvalue weighted by Crippen LogP contribution is 2.31. The van der Waals surface area contributed by atoms with Crippen LogP contribution in [-0.4, -0.2) is 40.2 Å². The molecular weight excluding hydrogens is 336 g/mol. The van der Waals surface area contributed by atoms with Gasteiger partial charge >= 0.3 is 0 Å². The summed E-state index contributed by atoms with van der Waals surface area (Å²) in [6, 6.07) is 7.97. The van der Waals surface area contributed by atoms with Crippen LogP contribution in [0.4, 0.5) is 11.8 Å². The lowest BCUT2D eigenvalue weighted by molar-refractivity contribution is 0.134. The highest BCUT2D eigenvalue weighted by atomic mass is 32.2. The number of anilines is 2. The summed E-state index contributed by atoms with van der Waals surface area (Å²) in [4.78, 5) is 11.7. The Labute approximate surface area is 150 Å². The van der Waals surface area contributed by atoms with E-state index in [0.717, 1.165) is 47.1 Å². The minimum absolute atomic E-state index is 0.0375. The molecule has 0 aliphatic carbocycles. The summed E-state index contributed by atoms with van der Waals surface area (Å²) in [6.07, 6.45) is 2.62. The molecular formula is C18H24N4O2S. The van der Waals surface area contributed by atoms with Crippen LogP contribution >= 0.6 is 0 Å². The molecule has 0 saturated carbocycles. The Balaban J connectivity index is 2.02. The summed E-state index contributed by atoms with van der Waals surface area (Å²) in [6.45, 7) is 6.11. The third-order valence-electron chi connectivity index (χ3n) is 4.42. The first-order valence-corrected chi connectivity index (χ1v) is 9.91. The van der Waals surface area contributed by atoms with E-state index in [0.29, 0.717) is 6.61 Å². The highest BCUT2D eigenvalue weighted by Gasteiger charge is 2.26. The van der Waals surface area contributed by atoms with E-state index in [2.05, 4.69) is 20.9 Å². The molecule has 0 spiro atoms. The molecule has 0 bridgehead atoms. The number of rotatable bonds is 3. The Bertz CT molecular complexity index is 776. The summed E-state index contributed by atoms with van der Waals surface area (Å²) in [5, 5.41) is 0. The molecule has 1 aromatic heterocycles. The fourth-order valence-electron chi connectivity index (χ4n) is 3.23. The molecule has 0 radical (unpaired) electrons. The van der Waals surface area contributed by atoms with Gasteiger partial charge < -0.3 is 15.4 Å². The normalized spacial score (nSPS) is 19.5. The number of aryl methyl sites for hydroxylation is 2. The van der Waals surface area contributed by atoms with Gasteiger partial charge in [-0.2, -0.15) is 4.98 Å².